The molecule has 0 radical (unpaired) electrons. The van der Waals surface area contributed by atoms with Gasteiger partial charge in [-0.1, -0.05) is 0 Å². The molecule has 1 heterocycles. The summed E-state index contributed by atoms with van der Waals surface area (Å²) in [5.41, 5.74) is 0. The fourth-order valence-electron chi connectivity index (χ4n) is 1.25. The van der Waals surface area contributed by atoms with Gasteiger partial charge in [0.15, 0.2) is 9.84 Å². The van der Waals surface area contributed by atoms with Crippen LogP contribution in [-0.4, -0.2) is 44.2 Å². The zero-order valence-corrected chi connectivity index (χ0v) is 7.92. The molecule has 0 bridgehead atoms. The molecular formula is C7H12O5S. The number of hydrogen-bond acceptors (Lipinski definition) is 4. The summed E-state index contributed by atoms with van der Waals surface area (Å²) in [6.07, 6.45) is 0.631. The number of rotatable bonds is 5. The summed E-state index contributed by atoms with van der Waals surface area (Å²) >= 11 is 0. The van der Waals surface area contributed by atoms with Crippen LogP contribution >= 0.6 is 0 Å². The van der Waals surface area contributed by atoms with Crippen molar-refractivity contribution in [2.24, 2.45) is 5.92 Å². The van der Waals surface area contributed by atoms with E-state index in [-0.39, 0.29) is 24.0 Å². The van der Waals surface area contributed by atoms with Crippen LogP contribution in [0.3, 0.4) is 0 Å². The number of aliphatic carboxylic acids is 1. The van der Waals surface area contributed by atoms with Crippen LogP contribution in [0, 0.1) is 5.92 Å². The first-order valence-electron chi connectivity index (χ1n) is 3.99. The van der Waals surface area contributed by atoms with E-state index in [0.717, 1.165) is 0 Å². The van der Waals surface area contributed by atoms with Gasteiger partial charge in [-0.2, -0.15) is 0 Å². The highest BCUT2D eigenvalue weighted by Gasteiger charge is 2.32. The van der Waals surface area contributed by atoms with Gasteiger partial charge in [0.1, 0.15) is 6.61 Å². The minimum Gasteiger partial charge on any atom is -0.480 e. The van der Waals surface area contributed by atoms with Gasteiger partial charge in [0, 0.05) is 6.61 Å². The Morgan fingerprint density at radius 2 is 2.08 bits per heavy atom. The van der Waals surface area contributed by atoms with Gasteiger partial charge in [-0.15, -0.1) is 0 Å². The van der Waals surface area contributed by atoms with Crippen LogP contribution in [0.2, 0.25) is 0 Å². The highest BCUT2D eigenvalue weighted by Crippen LogP contribution is 2.21. The molecule has 1 rings (SSSR count). The number of carboxylic acids is 1. The fraction of sp³-hybridized carbons (Fsp3) is 0.857. The highest BCUT2D eigenvalue weighted by molar-refractivity contribution is 7.92. The quantitative estimate of drug-likeness (QED) is 0.617. The van der Waals surface area contributed by atoms with Crippen LogP contribution in [0.25, 0.3) is 0 Å². The smallest absolute Gasteiger partial charge is 0.329 e. The van der Waals surface area contributed by atoms with Crippen molar-refractivity contribution in [3.63, 3.8) is 0 Å². The summed E-state index contributed by atoms with van der Waals surface area (Å²) < 4.78 is 26.2. The molecule has 5 nitrogen and oxygen atoms in total. The van der Waals surface area contributed by atoms with Crippen molar-refractivity contribution in [2.75, 3.05) is 24.7 Å². The van der Waals surface area contributed by atoms with Crippen molar-refractivity contribution < 1.29 is 23.1 Å². The summed E-state index contributed by atoms with van der Waals surface area (Å²) in [4.78, 5) is 10.0. The Balaban J connectivity index is 2.00. The molecule has 0 aliphatic carbocycles. The molecule has 1 fully saturated rings. The third kappa shape index (κ3) is 3.73. The van der Waals surface area contributed by atoms with Gasteiger partial charge in [0.2, 0.25) is 0 Å². The maximum atomic E-state index is 10.7. The summed E-state index contributed by atoms with van der Waals surface area (Å²) in [5, 5.41) is 8.21. The number of carboxylic acid groups (broad SMARTS) is 1. The topological polar surface area (TPSA) is 80.7 Å². The lowest BCUT2D eigenvalue weighted by atomic mass is 10.1. The second kappa shape index (κ2) is 4.06. The molecule has 1 saturated heterocycles. The van der Waals surface area contributed by atoms with Crippen LogP contribution in [0.4, 0.5) is 0 Å². The van der Waals surface area contributed by atoms with E-state index in [4.69, 9.17) is 9.84 Å². The second-order valence-electron chi connectivity index (χ2n) is 3.18. The summed E-state index contributed by atoms with van der Waals surface area (Å²) in [7, 11) is -2.76. The van der Waals surface area contributed by atoms with Crippen LogP contribution < -0.4 is 0 Å². The third-order valence-electron chi connectivity index (χ3n) is 1.88. The maximum absolute atomic E-state index is 10.7. The monoisotopic (exact) mass is 208 g/mol. The van der Waals surface area contributed by atoms with Crippen LogP contribution in [0.15, 0.2) is 0 Å². The second-order valence-corrected chi connectivity index (χ2v) is 5.33. The van der Waals surface area contributed by atoms with Gasteiger partial charge in [0.25, 0.3) is 0 Å². The summed E-state index contributed by atoms with van der Waals surface area (Å²) in [6, 6.07) is 0. The minimum absolute atomic E-state index is 0.166. The fourth-order valence-corrected chi connectivity index (χ4v) is 2.92. The van der Waals surface area contributed by atoms with Gasteiger partial charge in [0.05, 0.1) is 11.5 Å². The first-order chi connectivity index (χ1) is 5.99. The van der Waals surface area contributed by atoms with Gasteiger partial charge in [-0.25, -0.2) is 13.2 Å². The van der Waals surface area contributed by atoms with E-state index < -0.39 is 15.8 Å². The number of ether oxygens (including phenoxy) is 1. The zero-order chi connectivity index (χ0) is 9.90. The molecule has 1 aliphatic rings. The molecule has 0 spiro atoms. The predicted octanol–water partition coefficient (Wildman–Crippen LogP) is -0.478. The Bertz CT molecular complexity index is 269. The molecule has 0 saturated carbocycles. The van der Waals surface area contributed by atoms with E-state index >= 15 is 0 Å². The first-order valence-corrected chi connectivity index (χ1v) is 5.82. The molecule has 0 aromatic heterocycles. The van der Waals surface area contributed by atoms with E-state index in [0.29, 0.717) is 13.0 Å². The normalized spacial score (nSPS) is 20.9. The van der Waals surface area contributed by atoms with Crippen LogP contribution in [0.5, 0.6) is 0 Å². The number of hydrogen-bond donors (Lipinski definition) is 1. The molecule has 1 N–H and O–H groups in total. The van der Waals surface area contributed by atoms with Crippen LogP contribution in [-0.2, 0) is 19.4 Å². The SMILES string of the molecule is O=C(O)COCCC1CS(=O)(=O)C1. The molecule has 6 heteroatoms. The van der Waals surface area contributed by atoms with Gasteiger partial charge in [-0.3, -0.25) is 0 Å². The Labute approximate surface area is 76.6 Å². The van der Waals surface area contributed by atoms with E-state index in [9.17, 15) is 13.2 Å². The van der Waals surface area contributed by atoms with Gasteiger partial charge in [-0.05, 0) is 12.3 Å². The molecule has 0 aromatic carbocycles. The van der Waals surface area contributed by atoms with Crippen molar-refractivity contribution in [1.29, 1.82) is 0 Å². The van der Waals surface area contributed by atoms with E-state index in [1.165, 1.54) is 0 Å². The van der Waals surface area contributed by atoms with Crippen molar-refractivity contribution >= 4 is 15.8 Å². The zero-order valence-electron chi connectivity index (χ0n) is 7.10. The predicted molar refractivity (Wildman–Crippen MR) is 45.2 cm³/mol. The van der Waals surface area contributed by atoms with E-state index in [2.05, 4.69) is 0 Å². The standard InChI is InChI=1S/C7H12O5S/c8-7(9)3-12-2-1-6-4-13(10,11)5-6/h6H,1-5H2,(H,8,9). The van der Waals surface area contributed by atoms with E-state index in [1.54, 1.807) is 0 Å². The van der Waals surface area contributed by atoms with Crippen LogP contribution in [0.1, 0.15) is 6.42 Å². The summed E-state index contributed by atoms with van der Waals surface area (Å²) in [6.45, 7) is 0.0198. The molecule has 0 aromatic rings. The average Bonchev–Trinajstić information content (AvgIpc) is 1.93. The molecular weight excluding hydrogens is 196 g/mol. The average molecular weight is 208 g/mol. The molecule has 0 unspecified atom stereocenters. The van der Waals surface area contributed by atoms with E-state index in [1.807, 2.05) is 0 Å². The lowest BCUT2D eigenvalue weighted by Gasteiger charge is -2.25. The van der Waals surface area contributed by atoms with Gasteiger partial charge < -0.3 is 9.84 Å². The highest BCUT2D eigenvalue weighted by atomic mass is 32.2. The number of carbonyl (C=O) groups is 1. The molecule has 76 valence electrons. The lowest BCUT2D eigenvalue weighted by Crippen LogP contribution is -2.36. The Morgan fingerprint density at radius 1 is 1.46 bits per heavy atom. The Kier molecular flexibility index (Phi) is 3.27. The Hall–Kier alpha value is -0.620. The number of sulfone groups is 1. The third-order valence-corrected chi connectivity index (χ3v) is 3.83. The lowest BCUT2D eigenvalue weighted by molar-refractivity contribution is -0.142. The molecule has 13 heavy (non-hydrogen) atoms. The maximum Gasteiger partial charge on any atom is 0.329 e. The first kappa shape index (κ1) is 10.5. The summed E-state index contributed by atoms with van der Waals surface area (Å²) in [5.74, 6) is -0.382. The van der Waals surface area contributed by atoms with Crippen molar-refractivity contribution in [2.45, 2.75) is 6.42 Å². The molecule has 0 amide bonds. The van der Waals surface area contributed by atoms with Crippen molar-refractivity contribution in [3.05, 3.63) is 0 Å². The molecule has 0 atom stereocenters. The Morgan fingerprint density at radius 3 is 2.54 bits per heavy atom. The van der Waals surface area contributed by atoms with Crippen molar-refractivity contribution in [1.82, 2.24) is 0 Å². The van der Waals surface area contributed by atoms with Gasteiger partial charge >= 0.3 is 5.97 Å². The van der Waals surface area contributed by atoms with Crippen molar-refractivity contribution in [3.8, 4) is 0 Å². The largest absolute Gasteiger partial charge is 0.480 e. The minimum atomic E-state index is -2.76. The molecule has 1 aliphatic heterocycles.